The van der Waals surface area contributed by atoms with Gasteiger partial charge in [-0.25, -0.2) is 0 Å². The zero-order chi connectivity index (χ0) is 23.3. The Labute approximate surface area is 194 Å². The third kappa shape index (κ3) is 5.87. The minimum atomic E-state index is -0.543. The number of nitrogens with one attached hydrogen (secondary N) is 2. The Kier molecular flexibility index (Phi) is 7.89. The molecule has 2 N–H and O–H groups in total. The summed E-state index contributed by atoms with van der Waals surface area (Å²) >= 11 is 11.9. The number of nitrogens with zero attached hydrogens (tertiary/aromatic N) is 2. The summed E-state index contributed by atoms with van der Waals surface area (Å²) in [6.07, 6.45) is 2.35. The minimum absolute atomic E-state index is 0.0143. The van der Waals surface area contributed by atoms with Crippen molar-refractivity contribution in [3.8, 4) is 5.75 Å². The van der Waals surface area contributed by atoms with Gasteiger partial charge >= 0.3 is 0 Å². The first-order chi connectivity index (χ1) is 15.3. The number of rotatable bonds is 7. The molecule has 11 heteroatoms. The lowest BCUT2D eigenvalue weighted by atomic mass is 10.0. The number of carbonyl (C=O) groups is 2. The van der Waals surface area contributed by atoms with E-state index >= 15 is 0 Å². The van der Waals surface area contributed by atoms with Gasteiger partial charge in [-0.3, -0.25) is 24.6 Å². The van der Waals surface area contributed by atoms with Gasteiger partial charge in [-0.05, 0) is 43.7 Å². The number of methoxy groups -OCH3 is 1. The zero-order valence-electron chi connectivity index (χ0n) is 17.3. The molecular formula is C21H22Cl2N4O5. The Morgan fingerprint density at radius 3 is 2.62 bits per heavy atom. The Hall–Kier alpha value is -2.88. The molecule has 9 nitrogen and oxygen atoms in total. The van der Waals surface area contributed by atoms with E-state index in [0.29, 0.717) is 34.4 Å². The number of ether oxygens (including phenoxy) is 1. The number of nitro benzene ring substituents is 1. The second kappa shape index (κ2) is 10.6. The van der Waals surface area contributed by atoms with Crippen molar-refractivity contribution < 1.29 is 19.2 Å². The van der Waals surface area contributed by atoms with E-state index in [1.54, 1.807) is 18.2 Å². The molecule has 170 valence electrons. The molecule has 1 aliphatic heterocycles. The van der Waals surface area contributed by atoms with Gasteiger partial charge in [-0.2, -0.15) is 0 Å². The van der Waals surface area contributed by atoms with Crippen molar-refractivity contribution in [2.45, 2.75) is 25.3 Å². The topological polar surface area (TPSA) is 114 Å². The molecule has 1 fully saturated rings. The van der Waals surface area contributed by atoms with E-state index in [-0.39, 0.29) is 29.8 Å². The molecule has 0 bridgehead atoms. The summed E-state index contributed by atoms with van der Waals surface area (Å²) in [6.45, 7) is 0.573. The SMILES string of the molecule is COc1cc([N+](=O)[O-])ccc1NC(=O)CN1CCCCC1C(=O)Nc1ccc(Cl)c(Cl)c1. The fourth-order valence-electron chi connectivity index (χ4n) is 3.55. The standard InChI is InChI=1S/C21H22Cl2N4O5/c1-32-19-11-14(27(30)31)6-8-17(19)25-20(28)12-26-9-3-2-4-18(26)21(29)24-13-5-7-15(22)16(23)10-13/h5-8,10-11,18H,2-4,9,12H2,1H3,(H,24,29)(H,25,28). The number of halogens is 2. The van der Waals surface area contributed by atoms with Crippen LogP contribution in [-0.4, -0.2) is 47.9 Å². The van der Waals surface area contributed by atoms with Gasteiger partial charge in [0, 0.05) is 11.8 Å². The van der Waals surface area contributed by atoms with Crippen LogP contribution in [0, 0.1) is 10.1 Å². The van der Waals surface area contributed by atoms with Crippen molar-refractivity contribution in [2.75, 3.05) is 30.8 Å². The Morgan fingerprint density at radius 1 is 1.16 bits per heavy atom. The van der Waals surface area contributed by atoms with Crippen LogP contribution < -0.4 is 15.4 Å². The van der Waals surface area contributed by atoms with Gasteiger partial charge in [0.15, 0.2) is 0 Å². The second-order valence-corrected chi connectivity index (χ2v) is 8.10. The van der Waals surface area contributed by atoms with Crippen LogP contribution in [0.2, 0.25) is 10.0 Å². The number of hydrogen-bond donors (Lipinski definition) is 2. The monoisotopic (exact) mass is 480 g/mol. The van der Waals surface area contributed by atoms with Crippen molar-refractivity contribution in [2.24, 2.45) is 0 Å². The number of non-ortho nitro benzene ring substituents is 1. The number of benzene rings is 2. The summed E-state index contributed by atoms with van der Waals surface area (Å²) < 4.78 is 5.15. The number of carbonyl (C=O) groups excluding carboxylic acids is 2. The molecule has 3 rings (SSSR count). The number of likely N-dealkylation sites (tertiary alicyclic amines) is 1. The van der Waals surface area contributed by atoms with E-state index in [1.165, 1.54) is 25.3 Å². The van der Waals surface area contributed by atoms with Crippen LogP contribution in [0.25, 0.3) is 0 Å². The number of anilines is 2. The average Bonchev–Trinajstić information content (AvgIpc) is 2.76. The van der Waals surface area contributed by atoms with Gasteiger partial charge in [0.25, 0.3) is 5.69 Å². The fraction of sp³-hybridized carbons (Fsp3) is 0.333. The van der Waals surface area contributed by atoms with Gasteiger partial charge in [-0.15, -0.1) is 0 Å². The Bertz CT molecular complexity index is 1030. The molecule has 0 aliphatic carbocycles. The highest BCUT2D eigenvalue weighted by atomic mass is 35.5. The summed E-state index contributed by atoms with van der Waals surface area (Å²) in [4.78, 5) is 37.7. The van der Waals surface area contributed by atoms with Crippen molar-refractivity contribution in [3.63, 3.8) is 0 Å². The summed E-state index contributed by atoms with van der Waals surface area (Å²) in [6, 6.07) is 8.29. The lowest BCUT2D eigenvalue weighted by Crippen LogP contribution is -2.49. The average molecular weight is 481 g/mol. The van der Waals surface area contributed by atoms with E-state index in [9.17, 15) is 19.7 Å². The molecule has 1 unspecified atom stereocenters. The van der Waals surface area contributed by atoms with E-state index in [2.05, 4.69) is 10.6 Å². The number of hydrogen-bond acceptors (Lipinski definition) is 6. The molecule has 0 aromatic heterocycles. The van der Waals surface area contributed by atoms with Gasteiger partial charge < -0.3 is 15.4 Å². The number of piperidine rings is 1. The van der Waals surface area contributed by atoms with Crippen LogP contribution >= 0.6 is 23.2 Å². The molecule has 0 radical (unpaired) electrons. The van der Waals surface area contributed by atoms with Crippen molar-refractivity contribution in [3.05, 3.63) is 56.6 Å². The highest BCUT2D eigenvalue weighted by Gasteiger charge is 2.30. The maximum atomic E-state index is 12.9. The zero-order valence-corrected chi connectivity index (χ0v) is 18.8. The third-order valence-electron chi connectivity index (χ3n) is 5.12. The van der Waals surface area contributed by atoms with Crippen LogP contribution in [-0.2, 0) is 9.59 Å². The third-order valence-corrected chi connectivity index (χ3v) is 5.86. The molecule has 0 spiro atoms. The maximum Gasteiger partial charge on any atom is 0.273 e. The van der Waals surface area contributed by atoms with Crippen LogP contribution in [0.5, 0.6) is 5.75 Å². The van der Waals surface area contributed by atoms with Crippen LogP contribution in [0.15, 0.2) is 36.4 Å². The van der Waals surface area contributed by atoms with E-state index in [1.807, 2.05) is 4.90 Å². The van der Waals surface area contributed by atoms with Crippen LogP contribution in [0.4, 0.5) is 17.1 Å². The van der Waals surface area contributed by atoms with Crippen molar-refractivity contribution in [1.82, 2.24) is 4.90 Å². The maximum absolute atomic E-state index is 12.9. The smallest absolute Gasteiger partial charge is 0.273 e. The molecule has 2 aromatic carbocycles. The predicted molar refractivity (Wildman–Crippen MR) is 123 cm³/mol. The number of amides is 2. The Balaban J connectivity index is 1.66. The first kappa shape index (κ1) is 23.8. The lowest BCUT2D eigenvalue weighted by molar-refractivity contribution is -0.384. The van der Waals surface area contributed by atoms with Crippen molar-refractivity contribution in [1.29, 1.82) is 0 Å². The predicted octanol–water partition coefficient (Wildman–Crippen LogP) is 4.34. The highest BCUT2D eigenvalue weighted by Crippen LogP contribution is 2.29. The normalized spacial score (nSPS) is 16.3. The Morgan fingerprint density at radius 2 is 1.94 bits per heavy atom. The van der Waals surface area contributed by atoms with Crippen molar-refractivity contribution >= 4 is 52.1 Å². The van der Waals surface area contributed by atoms with Gasteiger partial charge in [0.1, 0.15) is 5.75 Å². The highest BCUT2D eigenvalue weighted by molar-refractivity contribution is 6.42. The van der Waals surface area contributed by atoms with Gasteiger partial charge in [-0.1, -0.05) is 29.6 Å². The molecule has 1 atom stereocenters. The number of nitro groups is 1. The molecule has 2 aromatic rings. The lowest BCUT2D eigenvalue weighted by Gasteiger charge is -2.34. The first-order valence-electron chi connectivity index (χ1n) is 9.90. The second-order valence-electron chi connectivity index (χ2n) is 7.29. The first-order valence-corrected chi connectivity index (χ1v) is 10.7. The van der Waals surface area contributed by atoms with E-state index in [0.717, 1.165) is 12.8 Å². The fourth-order valence-corrected chi connectivity index (χ4v) is 3.85. The summed E-state index contributed by atoms with van der Waals surface area (Å²) in [5.41, 5.74) is 0.696. The van der Waals surface area contributed by atoms with E-state index in [4.69, 9.17) is 27.9 Å². The molecule has 1 aliphatic rings. The quantitative estimate of drug-likeness (QED) is 0.449. The summed E-state index contributed by atoms with van der Waals surface area (Å²) in [5, 5.41) is 17.2. The largest absolute Gasteiger partial charge is 0.494 e. The summed E-state index contributed by atoms with van der Waals surface area (Å²) in [5.74, 6) is -0.407. The van der Waals surface area contributed by atoms with Gasteiger partial charge in [0.05, 0.1) is 46.4 Å². The summed E-state index contributed by atoms with van der Waals surface area (Å²) in [7, 11) is 1.36. The minimum Gasteiger partial charge on any atom is -0.494 e. The van der Waals surface area contributed by atoms with E-state index < -0.39 is 11.0 Å². The van der Waals surface area contributed by atoms with Gasteiger partial charge in [0.2, 0.25) is 11.8 Å². The molecule has 2 amide bonds. The van der Waals surface area contributed by atoms with Crippen LogP contribution in [0.3, 0.4) is 0 Å². The molecule has 1 heterocycles. The molecular weight excluding hydrogens is 459 g/mol. The molecule has 1 saturated heterocycles. The molecule has 32 heavy (non-hydrogen) atoms. The molecule has 0 saturated carbocycles. The van der Waals surface area contributed by atoms with Crippen LogP contribution in [0.1, 0.15) is 19.3 Å².